The van der Waals surface area contributed by atoms with Crippen molar-refractivity contribution in [3.05, 3.63) is 41.2 Å². The van der Waals surface area contributed by atoms with Gasteiger partial charge >= 0.3 is 0 Å². The number of sulfonamides is 1. The molecule has 0 radical (unpaired) electrons. The van der Waals surface area contributed by atoms with Gasteiger partial charge in [-0.1, -0.05) is 31.5 Å². The lowest BCUT2D eigenvalue weighted by Gasteiger charge is -2.22. The zero-order valence-electron chi connectivity index (χ0n) is 14.4. The number of halogens is 1. The minimum absolute atomic E-state index is 0.0520. The van der Waals surface area contributed by atoms with Crippen LogP contribution in [-0.4, -0.2) is 32.6 Å². The SMILES string of the molecule is CC(C)c1nc2n(n1)CCC[C@@H]2NS(=O)(=O)c1c(Cl)nc2ccccn12. The molecule has 3 aromatic rings. The van der Waals surface area contributed by atoms with Crippen molar-refractivity contribution in [2.24, 2.45) is 0 Å². The predicted molar refractivity (Wildman–Crippen MR) is 96.6 cm³/mol. The third kappa shape index (κ3) is 2.89. The lowest BCUT2D eigenvalue weighted by atomic mass is 10.1. The standard InChI is InChI=1S/C16H19ClN6O2S/c1-10(2)14-19-15-11(6-5-9-23(15)20-14)21-26(24,25)16-13(17)18-12-7-3-4-8-22(12)16/h3-4,7-8,10-11,21H,5-6,9H2,1-2H3/t11-/m0/s1. The van der Waals surface area contributed by atoms with Crippen LogP contribution < -0.4 is 4.72 Å². The van der Waals surface area contributed by atoms with Crippen LogP contribution in [-0.2, 0) is 16.6 Å². The van der Waals surface area contributed by atoms with Crippen molar-refractivity contribution in [1.29, 1.82) is 0 Å². The predicted octanol–water partition coefficient (Wildman–Crippen LogP) is 2.52. The maximum atomic E-state index is 13.0. The molecule has 0 saturated heterocycles. The van der Waals surface area contributed by atoms with Crippen LogP contribution in [0.2, 0.25) is 5.15 Å². The molecule has 138 valence electrons. The monoisotopic (exact) mass is 394 g/mol. The summed E-state index contributed by atoms with van der Waals surface area (Å²) >= 11 is 6.13. The molecular formula is C16H19ClN6O2S. The smallest absolute Gasteiger partial charge is 0.260 e. The van der Waals surface area contributed by atoms with E-state index in [0.717, 1.165) is 18.8 Å². The number of hydrogen-bond donors (Lipinski definition) is 1. The second-order valence-electron chi connectivity index (χ2n) is 6.66. The number of pyridine rings is 1. The average molecular weight is 395 g/mol. The van der Waals surface area contributed by atoms with E-state index < -0.39 is 16.1 Å². The van der Waals surface area contributed by atoms with Crippen molar-refractivity contribution in [3.8, 4) is 0 Å². The van der Waals surface area contributed by atoms with E-state index in [-0.39, 0.29) is 16.1 Å². The molecule has 0 bridgehead atoms. The first kappa shape index (κ1) is 17.4. The molecule has 0 fully saturated rings. The van der Waals surface area contributed by atoms with Gasteiger partial charge in [-0.15, -0.1) is 0 Å². The molecule has 10 heteroatoms. The Morgan fingerprint density at radius 3 is 2.88 bits per heavy atom. The Balaban J connectivity index is 1.72. The van der Waals surface area contributed by atoms with Crippen molar-refractivity contribution in [2.45, 2.75) is 50.2 Å². The summed E-state index contributed by atoms with van der Waals surface area (Å²) in [5, 5.41) is 4.38. The first-order chi connectivity index (χ1) is 12.4. The molecule has 4 rings (SSSR count). The topological polar surface area (TPSA) is 94.2 Å². The number of nitrogens with one attached hydrogen (secondary N) is 1. The minimum Gasteiger partial charge on any atom is -0.288 e. The molecule has 1 aliphatic rings. The zero-order chi connectivity index (χ0) is 18.5. The fourth-order valence-electron chi connectivity index (χ4n) is 3.15. The summed E-state index contributed by atoms with van der Waals surface area (Å²) in [4.78, 5) is 8.67. The number of aryl methyl sites for hydroxylation is 1. The normalized spacial score (nSPS) is 17.8. The number of aromatic nitrogens is 5. The molecule has 4 heterocycles. The van der Waals surface area contributed by atoms with Gasteiger partial charge in [0, 0.05) is 18.7 Å². The summed E-state index contributed by atoms with van der Waals surface area (Å²) < 4.78 is 32.1. The Morgan fingerprint density at radius 2 is 2.12 bits per heavy atom. The van der Waals surface area contributed by atoms with Gasteiger partial charge in [-0.05, 0) is 25.0 Å². The molecule has 0 unspecified atom stereocenters. The van der Waals surface area contributed by atoms with E-state index >= 15 is 0 Å². The molecule has 0 aromatic carbocycles. The molecule has 0 spiro atoms. The van der Waals surface area contributed by atoms with Crippen LogP contribution >= 0.6 is 11.6 Å². The second kappa shape index (κ2) is 6.33. The molecule has 26 heavy (non-hydrogen) atoms. The Labute approximate surface area is 156 Å². The van der Waals surface area contributed by atoms with Crippen LogP contribution in [0, 0.1) is 0 Å². The van der Waals surface area contributed by atoms with Gasteiger partial charge in [0.25, 0.3) is 10.0 Å². The number of nitrogens with zero attached hydrogens (tertiary/aromatic N) is 5. The van der Waals surface area contributed by atoms with E-state index in [1.54, 1.807) is 29.1 Å². The lowest BCUT2D eigenvalue weighted by molar-refractivity contribution is 0.399. The highest BCUT2D eigenvalue weighted by Gasteiger charge is 2.32. The molecule has 8 nitrogen and oxygen atoms in total. The molecule has 1 atom stereocenters. The summed E-state index contributed by atoms with van der Waals surface area (Å²) in [5.74, 6) is 1.55. The van der Waals surface area contributed by atoms with Crippen molar-refractivity contribution in [3.63, 3.8) is 0 Å². The first-order valence-electron chi connectivity index (χ1n) is 8.46. The second-order valence-corrected chi connectivity index (χ2v) is 8.65. The molecule has 3 aromatic heterocycles. The van der Waals surface area contributed by atoms with Crippen molar-refractivity contribution < 1.29 is 8.42 Å². The highest BCUT2D eigenvalue weighted by atomic mass is 35.5. The van der Waals surface area contributed by atoms with Gasteiger partial charge in [0.15, 0.2) is 16.0 Å². The maximum absolute atomic E-state index is 13.0. The Kier molecular flexibility index (Phi) is 4.25. The van der Waals surface area contributed by atoms with Gasteiger partial charge in [-0.25, -0.2) is 23.1 Å². The van der Waals surface area contributed by atoms with Gasteiger partial charge in [-0.3, -0.25) is 4.40 Å². The van der Waals surface area contributed by atoms with E-state index in [4.69, 9.17) is 11.6 Å². The quantitative estimate of drug-likeness (QED) is 0.733. The van der Waals surface area contributed by atoms with Crippen molar-refractivity contribution in [2.75, 3.05) is 0 Å². The van der Waals surface area contributed by atoms with Gasteiger partial charge in [-0.2, -0.15) is 9.82 Å². The van der Waals surface area contributed by atoms with Crippen molar-refractivity contribution >= 4 is 27.3 Å². The summed E-state index contributed by atoms with van der Waals surface area (Å²) in [5.41, 5.74) is 0.479. The fourth-order valence-corrected chi connectivity index (χ4v) is 5.03. The van der Waals surface area contributed by atoms with E-state index in [2.05, 4.69) is 19.8 Å². The minimum atomic E-state index is -3.89. The average Bonchev–Trinajstić information content (AvgIpc) is 3.15. The van der Waals surface area contributed by atoms with Crippen molar-refractivity contribution in [1.82, 2.24) is 28.9 Å². The molecule has 1 N–H and O–H groups in total. The third-order valence-electron chi connectivity index (χ3n) is 4.41. The van der Waals surface area contributed by atoms with Gasteiger partial charge < -0.3 is 0 Å². The van der Waals surface area contributed by atoms with E-state index in [9.17, 15) is 8.42 Å². The van der Waals surface area contributed by atoms with E-state index in [0.29, 0.717) is 17.9 Å². The molecule has 1 aliphatic heterocycles. The van der Waals surface area contributed by atoms with Gasteiger partial charge in [0.2, 0.25) is 0 Å². The highest BCUT2D eigenvalue weighted by Crippen LogP contribution is 2.29. The van der Waals surface area contributed by atoms with E-state index in [1.807, 2.05) is 13.8 Å². The fraction of sp³-hybridized carbons (Fsp3) is 0.438. The molecule has 0 aliphatic carbocycles. The van der Waals surface area contributed by atoms with Gasteiger partial charge in [0.1, 0.15) is 11.5 Å². The van der Waals surface area contributed by atoms with Crippen LogP contribution in [0.3, 0.4) is 0 Å². The number of fused-ring (bicyclic) bond motifs is 2. The summed E-state index contributed by atoms with van der Waals surface area (Å²) in [6.07, 6.45) is 3.11. The first-order valence-corrected chi connectivity index (χ1v) is 10.3. The Bertz CT molecular complexity index is 1070. The largest absolute Gasteiger partial charge is 0.288 e. The van der Waals surface area contributed by atoms with E-state index in [1.165, 1.54) is 4.40 Å². The number of imidazole rings is 1. The lowest BCUT2D eigenvalue weighted by Crippen LogP contribution is -2.34. The van der Waals surface area contributed by atoms with Crippen LogP contribution in [0.4, 0.5) is 0 Å². The molecular weight excluding hydrogens is 376 g/mol. The number of rotatable bonds is 4. The van der Waals surface area contributed by atoms with Crippen LogP contribution in [0.1, 0.15) is 50.3 Å². The molecule has 0 amide bonds. The third-order valence-corrected chi connectivity index (χ3v) is 6.28. The van der Waals surface area contributed by atoms with Crippen LogP contribution in [0.15, 0.2) is 29.4 Å². The summed E-state index contributed by atoms with van der Waals surface area (Å²) in [6.45, 7) is 4.76. The van der Waals surface area contributed by atoms with Crippen LogP contribution in [0.25, 0.3) is 5.65 Å². The maximum Gasteiger partial charge on any atom is 0.260 e. The van der Waals surface area contributed by atoms with Crippen LogP contribution in [0.5, 0.6) is 0 Å². The Morgan fingerprint density at radius 1 is 1.31 bits per heavy atom. The number of hydrogen-bond acceptors (Lipinski definition) is 5. The highest BCUT2D eigenvalue weighted by molar-refractivity contribution is 7.89. The summed E-state index contributed by atoms with van der Waals surface area (Å²) in [7, 11) is -3.89. The summed E-state index contributed by atoms with van der Waals surface area (Å²) in [6, 6.07) is 4.77. The van der Waals surface area contributed by atoms with Gasteiger partial charge in [0.05, 0.1) is 6.04 Å². The Hall–Kier alpha value is -1.97. The zero-order valence-corrected chi connectivity index (χ0v) is 16.0. The molecule has 0 saturated carbocycles.